The number of nitro groups is 1. The fourth-order valence-corrected chi connectivity index (χ4v) is 2.93. The number of nitro benzene ring substituents is 1. The summed E-state index contributed by atoms with van der Waals surface area (Å²) in [6, 6.07) is 4.80. The van der Waals surface area contributed by atoms with Crippen LogP contribution in [-0.2, 0) is 0 Å². The topological polar surface area (TPSA) is 58.4 Å². The molecule has 1 aromatic carbocycles. The van der Waals surface area contributed by atoms with Crippen LogP contribution >= 0.6 is 11.6 Å². The Hall–Kier alpha value is -1.33. The summed E-state index contributed by atoms with van der Waals surface area (Å²) in [5.74, 6) is 0.493. The van der Waals surface area contributed by atoms with E-state index in [-0.39, 0.29) is 16.7 Å². The van der Waals surface area contributed by atoms with Crippen molar-refractivity contribution >= 4 is 23.0 Å². The summed E-state index contributed by atoms with van der Waals surface area (Å²) in [5.41, 5.74) is 0.577. The fourth-order valence-electron chi connectivity index (χ4n) is 2.76. The molecule has 2 atom stereocenters. The quantitative estimate of drug-likeness (QED) is 0.683. The van der Waals surface area contributed by atoms with Gasteiger partial charge in [-0.25, -0.2) is 0 Å². The van der Waals surface area contributed by atoms with E-state index in [1.54, 1.807) is 12.1 Å². The van der Waals surface area contributed by atoms with Crippen molar-refractivity contribution in [2.24, 2.45) is 5.92 Å². The number of anilines is 1. The Morgan fingerprint density at radius 3 is 2.95 bits per heavy atom. The number of rotatable bonds is 4. The van der Waals surface area contributed by atoms with Crippen LogP contribution in [0.4, 0.5) is 11.4 Å². The lowest BCUT2D eigenvalue weighted by molar-refractivity contribution is -0.384. The van der Waals surface area contributed by atoms with Gasteiger partial charge in [-0.1, -0.05) is 11.6 Å². The lowest BCUT2D eigenvalue weighted by Crippen LogP contribution is -2.39. The van der Waals surface area contributed by atoms with E-state index >= 15 is 0 Å². The highest BCUT2D eigenvalue weighted by atomic mass is 35.5. The van der Waals surface area contributed by atoms with Crippen molar-refractivity contribution < 1.29 is 4.92 Å². The Labute approximate surface area is 124 Å². The van der Waals surface area contributed by atoms with Gasteiger partial charge < -0.3 is 10.2 Å². The minimum atomic E-state index is -0.377. The maximum absolute atomic E-state index is 11.1. The lowest BCUT2D eigenvalue weighted by atomic mass is 9.91. The monoisotopic (exact) mass is 297 g/mol. The van der Waals surface area contributed by atoms with Gasteiger partial charge in [0, 0.05) is 23.7 Å². The highest BCUT2D eigenvalue weighted by Crippen LogP contribution is 2.30. The predicted molar refractivity (Wildman–Crippen MR) is 81.4 cm³/mol. The number of hydrogen-bond acceptors (Lipinski definition) is 4. The Morgan fingerprint density at radius 1 is 1.55 bits per heavy atom. The highest BCUT2D eigenvalue weighted by Gasteiger charge is 2.24. The van der Waals surface area contributed by atoms with Gasteiger partial charge in [-0.15, -0.1) is 0 Å². The van der Waals surface area contributed by atoms with Crippen LogP contribution < -0.4 is 5.32 Å². The van der Waals surface area contributed by atoms with Crippen molar-refractivity contribution in [3.8, 4) is 0 Å². The summed E-state index contributed by atoms with van der Waals surface area (Å²) in [4.78, 5) is 13.0. The largest absolute Gasteiger partial charge is 0.377 e. The third-order valence-corrected chi connectivity index (χ3v) is 4.14. The van der Waals surface area contributed by atoms with Gasteiger partial charge in [-0.2, -0.15) is 0 Å². The molecule has 110 valence electrons. The van der Waals surface area contributed by atoms with E-state index < -0.39 is 0 Å². The van der Waals surface area contributed by atoms with Gasteiger partial charge in [0.2, 0.25) is 0 Å². The Balaban J connectivity index is 2.12. The zero-order chi connectivity index (χ0) is 14.7. The van der Waals surface area contributed by atoms with Crippen LogP contribution in [0.25, 0.3) is 0 Å². The molecule has 1 heterocycles. The number of benzene rings is 1. The molecular weight excluding hydrogens is 278 g/mol. The second-order valence-electron chi connectivity index (χ2n) is 5.52. The summed E-state index contributed by atoms with van der Waals surface area (Å²) >= 11 is 5.94. The van der Waals surface area contributed by atoms with Crippen LogP contribution in [0.15, 0.2) is 18.2 Å². The number of nitrogens with zero attached hydrogens (tertiary/aromatic N) is 2. The van der Waals surface area contributed by atoms with Gasteiger partial charge >= 0.3 is 0 Å². The van der Waals surface area contributed by atoms with Crippen LogP contribution in [-0.4, -0.2) is 36.0 Å². The van der Waals surface area contributed by atoms with Crippen molar-refractivity contribution in [3.63, 3.8) is 0 Å². The van der Waals surface area contributed by atoms with E-state index in [2.05, 4.69) is 24.2 Å². The molecule has 0 aromatic heterocycles. The number of likely N-dealkylation sites (tertiary alicyclic amines) is 1. The third-order valence-electron chi connectivity index (χ3n) is 3.91. The summed E-state index contributed by atoms with van der Waals surface area (Å²) in [7, 11) is 2.11. The van der Waals surface area contributed by atoms with Gasteiger partial charge in [0.1, 0.15) is 5.69 Å². The van der Waals surface area contributed by atoms with E-state index in [1.807, 2.05) is 0 Å². The maximum atomic E-state index is 11.1. The molecule has 1 fully saturated rings. The molecular formula is C14H20ClN3O2. The van der Waals surface area contributed by atoms with Gasteiger partial charge in [0.25, 0.3) is 5.69 Å². The minimum absolute atomic E-state index is 0.0745. The maximum Gasteiger partial charge on any atom is 0.292 e. The Kier molecular flexibility index (Phi) is 4.83. The number of halogens is 1. The van der Waals surface area contributed by atoms with Gasteiger partial charge in [-0.3, -0.25) is 10.1 Å². The van der Waals surface area contributed by atoms with Crippen molar-refractivity contribution in [2.45, 2.75) is 25.8 Å². The van der Waals surface area contributed by atoms with Crippen molar-refractivity contribution in [1.29, 1.82) is 0 Å². The first-order valence-electron chi connectivity index (χ1n) is 6.86. The van der Waals surface area contributed by atoms with Crippen LogP contribution in [0, 0.1) is 16.0 Å². The fraction of sp³-hybridized carbons (Fsp3) is 0.571. The predicted octanol–water partition coefficient (Wildman–Crippen LogP) is 3.39. The van der Waals surface area contributed by atoms with Crippen molar-refractivity contribution in [1.82, 2.24) is 4.90 Å². The molecule has 0 saturated carbocycles. The molecule has 0 spiro atoms. The van der Waals surface area contributed by atoms with E-state index in [0.29, 0.717) is 16.6 Å². The molecule has 1 N–H and O–H groups in total. The minimum Gasteiger partial charge on any atom is -0.377 e. The smallest absolute Gasteiger partial charge is 0.292 e. The van der Waals surface area contributed by atoms with E-state index in [9.17, 15) is 10.1 Å². The molecule has 1 aliphatic heterocycles. The molecule has 0 bridgehead atoms. The molecule has 1 aromatic rings. The zero-order valence-corrected chi connectivity index (χ0v) is 12.6. The standard InChI is InChI=1S/C14H20ClN3O2/c1-10(11-4-3-7-17(2)9-11)16-13-8-12(15)5-6-14(13)18(19)20/h5-6,8,10-11,16H,3-4,7,9H2,1-2H3. The molecule has 0 radical (unpaired) electrons. The molecule has 2 rings (SSSR count). The van der Waals surface area contributed by atoms with Crippen LogP contribution in [0.1, 0.15) is 19.8 Å². The normalized spacial score (nSPS) is 21.4. The molecule has 0 amide bonds. The van der Waals surface area contributed by atoms with Crippen molar-refractivity contribution in [3.05, 3.63) is 33.3 Å². The zero-order valence-electron chi connectivity index (χ0n) is 11.8. The first kappa shape index (κ1) is 15.1. The Bertz CT molecular complexity index is 495. The second kappa shape index (κ2) is 6.41. The average Bonchev–Trinajstić information content (AvgIpc) is 2.38. The molecule has 2 unspecified atom stereocenters. The SMILES string of the molecule is CC(Nc1cc(Cl)ccc1[N+](=O)[O-])C1CCCN(C)C1. The molecule has 6 heteroatoms. The second-order valence-corrected chi connectivity index (χ2v) is 5.95. The van der Waals surface area contributed by atoms with Crippen LogP contribution in [0.5, 0.6) is 0 Å². The number of hydrogen-bond donors (Lipinski definition) is 1. The summed E-state index contributed by atoms with van der Waals surface area (Å²) in [5, 5.41) is 14.8. The van der Waals surface area contributed by atoms with Crippen LogP contribution in [0.2, 0.25) is 5.02 Å². The molecule has 5 nitrogen and oxygen atoms in total. The average molecular weight is 298 g/mol. The first-order chi connectivity index (χ1) is 9.47. The third kappa shape index (κ3) is 3.61. The van der Waals surface area contributed by atoms with Crippen LogP contribution in [0.3, 0.4) is 0 Å². The number of nitrogens with one attached hydrogen (secondary N) is 1. The van der Waals surface area contributed by atoms with E-state index in [1.165, 1.54) is 12.5 Å². The van der Waals surface area contributed by atoms with E-state index in [4.69, 9.17) is 11.6 Å². The summed E-state index contributed by atoms with van der Waals surface area (Å²) in [6.45, 7) is 4.22. The van der Waals surface area contributed by atoms with Gasteiger partial charge in [-0.05, 0) is 51.4 Å². The first-order valence-corrected chi connectivity index (χ1v) is 7.24. The van der Waals surface area contributed by atoms with Crippen molar-refractivity contribution in [2.75, 3.05) is 25.5 Å². The molecule has 1 aliphatic rings. The molecule has 20 heavy (non-hydrogen) atoms. The Morgan fingerprint density at radius 2 is 2.30 bits per heavy atom. The van der Waals surface area contributed by atoms with Gasteiger partial charge in [0.15, 0.2) is 0 Å². The van der Waals surface area contributed by atoms with E-state index in [0.717, 1.165) is 19.5 Å². The molecule has 0 aliphatic carbocycles. The highest BCUT2D eigenvalue weighted by molar-refractivity contribution is 6.31. The summed E-state index contributed by atoms with van der Waals surface area (Å²) < 4.78 is 0. The van der Waals surface area contributed by atoms with Gasteiger partial charge in [0.05, 0.1) is 4.92 Å². The number of piperidine rings is 1. The lowest BCUT2D eigenvalue weighted by Gasteiger charge is -2.34. The summed E-state index contributed by atoms with van der Waals surface area (Å²) in [6.07, 6.45) is 2.32. The molecule has 1 saturated heterocycles.